The zero-order valence-electron chi connectivity index (χ0n) is 11.8. The highest BCUT2D eigenvalue weighted by molar-refractivity contribution is 5.95. The predicted octanol–water partition coefficient (Wildman–Crippen LogP) is 1.47. The maximum absolute atomic E-state index is 12.3. The van der Waals surface area contributed by atoms with Crippen LogP contribution >= 0.6 is 0 Å². The van der Waals surface area contributed by atoms with Crippen molar-refractivity contribution in [3.05, 3.63) is 18.5 Å². The lowest BCUT2D eigenvalue weighted by atomic mass is 9.92. The lowest BCUT2D eigenvalue weighted by molar-refractivity contribution is -0.120. The Morgan fingerprint density at radius 3 is 3.00 bits per heavy atom. The summed E-state index contributed by atoms with van der Waals surface area (Å²) in [5.74, 6) is 0.191. The molecule has 2 rings (SSSR count). The number of aromatic nitrogens is 1. The van der Waals surface area contributed by atoms with E-state index >= 15 is 0 Å². The van der Waals surface area contributed by atoms with Crippen molar-refractivity contribution in [1.82, 2.24) is 10.3 Å². The Morgan fingerprint density at radius 2 is 2.32 bits per heavy atom. The molecule has 1 aliphatic heterocycles. The average molecular weight is 262 g/mol. The van der Waals surface area contributed by atoms with E-state index in [-0.39, 0.29) is 11.8 Å². The first-order valence-electron chi connectivity index (χ1n) is 6.73. The van der Waals surface area contributed by atoms with Crippen LogP contribution in [0.25, 0.3) is 0 Å². The van der Waals surface area contributed by atoms with Crippen molar-refractivity contribution in [2.75, 3.05) is 30.9 Å². The number of piperidine rings is 1. The second kappa shape index (κ2) is 6.02. The van der Waals surface area contributed by atoms with Gasteiger partial charge in [0, 0.05) is 32.3 Å². The number of nitrogens with zero attached hydrogens (tertiary/aromatic N) is 2. The molecule has 0 saturated carbocycles. The molecule has 1 aliphatic rings. The summed E-state index contributed by atoms with van der Waals surface area (Å²) in [5.41, 5.74) is 1.76. The molecule has 19 heavy (non-hydrogen) atoms. The minimum absolute atomic E-state index is 0.0893. The first-order valence-corrected chi connectivity index (χ1v) is 6.73. The second-order valence-electron chi connectivity index (χ2n) is 5.35. The summed E-state index contributed by atoms with van der Waals surface area (Å²) >= 11 is 0. The van der Waals surface area contributed by atoms with Crippen LogP contribution in [0.1, 0.15) is 19.8 Å². The Labute approximate surface area is 114 Å². The van der Waals surface area contributed by atoms with E-state index in [1.165, 1.54) is 0 Å². The highest BCUT2D eigenvalue weighted by Crippen LogP contribution is 2.24. The number of nitrogens with one attached hydrogen (secondary N) is 2. The van der Waals surface area contributed by atoms with Crippen LogP contribution in [0.15, 0.2) is 18.5 Å². The van der Waals surface area contributed by atoms with Crippen LogP contribution in [0.4, 0.5) is 11.4 Å². The number of hydrogen-bond donors (Lipinski definition) is 2. The zero-order chi connectivity index (χ0) is 13.8. The maximum atomic E-state index is 12.3. The fourth-order valence-corrected chi connectivity index (χ4v) is 2.48. The molecule has 1 aromatic rings. The second-order valence-corrected chi connectivity index (χ2v) is 5.35. The van der Waals surface area contributed by atoms with Crippen LogP contribution in [0.2, 0.25) is 0 Å². The molecule has 2 atom stereocenters. The molecule has 1 aromatic heterocycles. The SMILES string of the molecule is CC1CC(C(=O)Nc2cnccc2N(C)C)CCN1. The quantitative estimate of drug-likeness (QED) is 0.866. The molecule has 5 nitrogen and oxygen atoms in total. The highest BCUT2D eigenvalue weighted by atomic mass is 16.1. The Hall–Kier alpha value is -1.62. The number of hydrogen-bond acceptors (Lipinski definition) is 4. The van der Waals surface area contributed by atoms with E-state index in [4.69, 9.17) is 0 Å². The van der Waals surface area contributed by atoms with Crippen LogP contribution < -0.4 is 15.5 Å². The Morgan fingerprint density at radius 1 is 1.53 bits per heavy atom. The van der Waals surface area contributed by atoms with Gasteiger partial charge in [0.15, 0.2) is 0 Å². The minimum Gasteiger partial charge on any atom is -0.376 e. The lowest BCUT2D eigenvalue weighted by Crippen LogP contribution is -2.40. The number of rotatable bonds is 3. The predicted molar refractivity (Wildman–Crippen MR) is 77.4 cm³/mol. The van der Waals surface area contributed by atoms with Crippen LogP contribution in [0.3, 0.4) is 0 Å². The molecule has 0 aliphatic carbocycles. The number of carbonyl (C=O) groups excluding carboxylic acids is 1. The number of pyridine rings is 1. The molecule has 1 fully saturated rings. The molecule has 2 N–H and O–H groups in total. The van der Waals surface area contributed by atoms with Gasteiger partial charge in [0.25, 0.3) is 0 Å². The van der Waals surface area contributed by atoms with E-state index in [1.807, 2.05) is 25.1 Å². The standard InChI is InChI=1S/C14H22N4O/c1-10-8-11(4-7-16-10)14(19)17-12-9-15-6-5-13(12)18(2)3/h5-6,9-11,16H,4,7-8H2,1-3H3,(H,17,19). The van der Waals surface area contributed by atoms with Gasteiger partial charge in [-0.1, -0.05) is 0 Å². The smallest absolute Gasteiger partial charge is 0.227 e. The van der Waals surface area contributed by atoms with Gasteiger partial charge < -0.3 is 15.5 Å². The summed E-state index contributed by atoms with van der Waals surface area (Å²) in [7, 11) is 3.91. The average Bonchev–Trinajstić information content (AvgIpc) is 2.39. The summed E-state index contributed by atoms with van der Waals surface area (Å²) in [4.78, 5) is 18.4. The van der Waals surface area contributed by atoms with Gasteiger partial charge in [-0.3, -0.25) is 9.78 Å². The van der Waals surface area contributed by atoms with Crippen molar-refractivity contribution >= 4 is 17.3 Å². The summed E-state index contributed by atoms with van der Waals surface area (Å²) in [6, 6.07) is 2.31. The number of anilines is 2. The molecule has 0 spiro atoms. The number of carbonyl (C=O) groups is 1. The van der Waals surface area contributed by atoms with E-state index in [0.717, 1.165) is 30.8 Å². The lowest BCUT2D eigenvalue weighted by Gasteiger charge is -2.27. The highest BCUT2D eigenvalue weighted by Gasteiger charge is 2.25. The van der Waals surface area contributed by atoms with Gasteiger partial charge in [-0.15, -0.1) is 0 Å². The molecule has 1 amide bonds. The maximum Gasteiger partial charge on any atom is 0.227 e. The Balaban J connectivity index is 2.06. The van der Waals surface area contributed by atoms with Crippen LogP contribution in [0, 0.1) is 5.92 Å². The summed E-state index contributed by atoms with van der Waals surface area (Å²) in [6.45, 7) is 3.03. The van der Waals surface area contributed by atoms with Crippen molar-refractivity contribution < 1.29 is 4.79 Å². The van der Waals surface area contributed by atoms with E-state index in [0.29, 0.717) is 6.04 Å². The van der Waals surface area contributed by atoms with Gasteiger partial charge in [-0.2, -0.15) is 0 Å². The van der Waals surface area contributed by atoms with Gasteiger partial charge in [-0.05, 0) is 32.4 Å². The summed E-state index contributed by atoms with van der Waals surface area (Å²) in [5, 5.41) is 6.37. The number of amides is 1. The molecular weight excluding hydrogens is 240 g/mol. The third-order valence-corrected chi connectivity index (χ3v) is 3.53. The first kappa shape index (κ1) is 13.8. The molecule has 104 valence electrons. The molecule has 0 aromatic carbocycles. The topological polar surface area (TPSA) is 57.3 Å². The van der Waals surface area contributed by atoms with Crippen LogP contribution in [0.5, 0.6) is 0 Å². The van der Waals surface area contributed by atoms with E-state index < -0.39 is 0 Å². The van der Waals surface area contributed by atoms with Crippen molar-refractivity contribution in [3.8, 4) is 0 Å². The monoisotopic (exact) mass is 262 g/mol. The van der Waals surface area contributed by atoms with E-state index in [1.54, 1.807) is 12.4 Å². The summed E-state index contributed by atoms with van der Waals surface area (Å²) in [6.07, 6.45) is 5.23. The third-order valence-electron chi connectivity index (χ3n) is 3.53. The van der Waals surface area contributed by atoms with Crippen molar-refractivity contribution in [1.29, 1.82) is 0 Å². The fourth-order valence-electron chi connectivity index (χ4n) is 2.48. The minimum atomic E-state index is 0.0893. The molecule has 0 radical (unpaired) electrons. The Bertz CT molecular complexity index is 447. The Kier molecular flexibility index (Phi) is 4.37. The van der Waals surface area contributed by atoms with Gasteiger partial charge in [-0.25, -0.2) is 0 Å². The van der Waals surface area contributed by atoms with E-state index in [2.05, 4.69) is 22.5 Å². The molecule has 5 heteroatoms. The van der Waals surface area contributed by atoms with Crippen LogP contribution in [-0.2, 0) is 4.79 Å². The van der Waals surface area contributed by atoms with Crippen molar-refractivity contribution in [2.24, 2.45) is 5.92 Å². The molecular formula is C14H22N4O. The molecule has 0 bridgehead atoms. The normalized spacial score (nSPS) is 22.9. The molecule has 2 heterocycles. The van der Waals surface area contributed by atoms with Gasteiger partial charge >= 0.3 is 0 Å². The zero-order valence-corrected chi connectivity index (χ0v) is 11.8. The fraction of sp³-hybridized carbons (Fsp3) is 0.571. The summed E-state index contributed by atoms with van der Waals surface area (Å²) < 4.78 is 0. The third kappa shape index (κ3) is 3.44. The van der Waals surface area contributed by atoms with Crippen molar-refractivity contribution in [2.45, 2.75) is 25.8 Å². The van der Waals surface area contributed by atoms with E-state index in [9.17, 15) is 4.79 Å². The van der Waals surface area contributed by atoms with Crippen LogP contribution in [-0.4, -0.2) is 37.6 Å². The van der Waals surface area contributed by atoms with Crippen molar-refractivity contribution in [3.63, 3.8) is 0 Å². The largest absolute Gasteiger partial charge is 0.376 e. The van der Waals surface area contributed by atoms with Gasteiger partial charge in [0.1, 0.15) is 0 Å². The first-order chi connectivity index (χ1) is 9.08. The molecule has 2 unspecified atom stereocenters. The molecule has 1 saturated heterocycles. The van der Waals surface area contributed by atoms with Gasteiger partial charge in [0.05, 0.1) is 17.6 Å². The van der Waals surface area contributed by atoms with Gasteiger partial charge in [0.2, 0.25) is 5.91 Å².